The molecule has 130 valence electrons. The van der Waals surface area contributed by atoms with E-state index in [0.29, 0.717) is 19.1 Å². The zero-order valence-electron chi connectivity index (χ0n) is 15.1. The van der Waals surface area contributed by atoms with Crippen LogP contribution in [0.4, 0.5) is 0 Å². The van der Waals surface area contributed by atoms with Gasteiger partial charge >= 0.3 is 0 Å². The SMILES string of the molecule is Cc1ccc(C(C)C)c(OC[C@H](O)CN2C[C@@H](C)O[C@H](C)C2)c1. The van der Waals surface area contributed by atoms with Crippen molar-refractivity contribution in [1.29, 1.82) is 0 Å². The van der Waals surface area contributed by atoms with E-state index in [9.17, 15) is 5.11 Å². The van der Waals surface area contributed by atoms with E-state index in [1.54, 1.807) is 0 Å². The Kier molecular flexibility index (Phi) is 6.45. The molecule has 1 aromatic carbocycles. The van der Waals surface area contributed by atoms with Crippen LogP contribution in [0.15, 0.2) is 18.2 Å². The number of morpholine rings is 1. The molecule has 0 aromatic heterocycles. The van der Waals surface area contributed by atoms with Crippen LogP contribution in [0.1, 0.15) is 44.7 Å². The molecule has 1 fully saturated rings. The molecule has 0 radical (unpaired) electrons. The summed E-state index contributed by atoms with van der Waals surface area (Å²) in [6.07, 6.45) is -0.0552. The molecule has 4 nitrogen and oxygen atoms in total. The second kappa shape index (κ2) is 8.13. The van der Waals surface area contributed by atoms with Crippen molar-refractivity contribution in [3.05, 3.63) is 29.3 Å². The molecule has 2 rings (SSSR count). The number of hydrogen-bond donors (Lipinski definition) is 1. The molecule has 1 heterocycles. The molecule has 3 atom stereocenters. The zero-order chi connectivity index (χ0) is 17.0. The fraction of sp³-hybridized carbons (Fsp3) is 0.684. The number of aliphatic hydroxyl groups excluding tert-OH is 1. The fourth-order valence-corrected chi connectivity index (χ4v) is 3.21. The van der Waals surface area contributed by atoms with Gasteiger partial charge in [-0.05, 0) is 43.9 Å². The van der Waals surface area contributed by atoms with E-state index < -0.39 is 6.10 Å². The number of nitrogens with zero attached hydrogens (tertiary/aromatic N) is 1. The number of ether oxygens (including phenoxy) is 2. The van der Waals surface area contributed by atoms with E-state index in [1.807, 2.05) is 0 Å². The van der Waals surface area contributed by atoms with Crippen molar-refractivity contribution >= 4 is 0 Å². The summed E-state index contributed by atoms with van der Waals surface area (Å²) in [6, 6.07) is 6.28. The van der Waals surface area contributed by atoms with Gasteiger partial charge < -0.3 is 14.6 Å². The number of β-amino-alcohol motifs (C(OH)–C–C–N with tert-alkyl or cyclic N) is 1. The monoisotopic (exact) mass is 321 g/mol. The van der Waals surface area contributed by atoms with Crippen LogP contribution in [-0.2, 0) is 4.74 Å². The maximum atomic E-state index is 10.3. The van der Waals surface area contributed by atoms with Gasteiger partial charge in [-0.3, -0.25) is 4.90 Å². The van der Waals surface area contributed by atoms with Crippen LogP contribution in [-0.4, -0.2) is 54.6 Å². The number of hydrogen-bond acceptors (Lipinski definition) is 4. The Morgan fingerprint density at radius 1 is 1.26 bits per heavy atom. The third-order valence-electron chi connectivity index (χ3n) is 4.19. The van der Waals surface area contributed by atoms with E-state index >= 15 is 0 Å². The number of rotatable bonds is 6. The van der Waals surface area contributed by atoms with Gasteiger partial charge in [-0.2, -0.15) is 0 Å². The van der Waals surface area contributed by atoms with E-state index in [2.05, 4.69) is 57.7 Å². The normalized spacial score (nSPS) is 24.0. The van der Waals surface area contributed by atoms with Gasteiger partial charge in [0.2, 0.25) is 0 Å². The van der Waals surface area contributed by atoms with Crippen LogP contribution in [0.3, 0.4) is 0 Å². The van der Waals surface area contributed by atoms with Crippen molar-refractivity contribution in [1.82, 2.24) is 4.90 Å². The highest BCUT2D eigenvalue weighted by atomic mass is 16.5. The van der Waals surface area contributed by atoms with Crippen LogP contribution in [0.5, 0.6) is 5.75 Å². The topological polar surface area (TPSA) is 41.9 Å². The van der Waals surface area contributed by atoms with Gasteiger partial charge in [-0.15, -0.1) is 0 Å². The lowest BCUT2D eigenvalue weighted by Crippen LogP contribution is -2.48. The van der Waals surface area contributed by atoms with Gasteiger partial charge in [-0.1, -0.05) is 26.0 Å². The van der Waals surface area contributed by atoms with Crippen LogP contribution < -0.4 is 4.74 Å². The number of benzene rings is 1. The third-order valence-corrected chi connectivity index (χ3v) is 4.19. The smallest absolute Gasteiger partial charge is 0.123 e. The molecule has 1 aliphatic heterocycles. The highest BCUT2D eigenvalue weighted by molar-refractivity contribution is 5.39. The molecular formula is C19H31NO3. The van der Waals surface area contributed by atoms with E-state index in [1.165, 1.54) is 11.1 Å². The van der Waals surface area contributed by atoms with Gasteiger partial charge in [0.05, 0.1) is 12.2 Å². The van der Waals surface area contributed by atoms with Crippen molar-refractivity contribution in [3.63, 3.8) is 0 Å². The largest absolute Gasteiger partial charge is 0.491 e. The minimum atomic E-state index is -0.493. The Balaban J connectivity index is 1.89. The summed E-state index contributed by atoms with van der Waals surface area (Å²) in [5, 5.41) is 10.3. The quantitative estimate of drug-likeness (QED) is 0.875. The maximum Gasteiger partial charge on any atom is 0.123 e. The first-order chi connectivity index (χ1) is 10.8. The second-order valence-electron chi connectivity index (χ2n) is 7.14. The minimum Gasteiger partial charge on any atom is -0.491 e. The first-order valence-corrected chi connectivity index (χ1v) is 8.64. The van der Waals surface area contributed by atoms with Crippen molar-refractivity contribution in [2.75, 3.05) is 26.2 Å². The second-order valence-corrected chi connectivity index (χ2v) is 7.14. The lowest BCUT2D eigenvalue weighted by Gasteiger charge is -2.36. The average molecular weight is 321 g/mol. The fourth-order valence-electron chi connectivity index (χ4n) is 3.21. The molecule has 1 N–H and O–H groups in total. The molecule has 1 aliphatic rings. The van der Waals surface area contributed by atoms with Crippen LogP contribution in [0.2, 0.25) is 0 Å². The molecule has 0 bridgehead atoms. The molecule has 4 heteroatoms. The minimum absolute atomic E-state index is 0.219. The van der Waals surface area contributed by atoms with Crippen LogP contribution in [0, 0.1) is 6.92 Å². The summed E-state index contributed by atoms with van der Waals surface area (Å²) in [6.45, 7) is 13.2. The summed E-state index contributed by atoms with van der Waals surface area (Å²) in [4.78, 5) is 2.26. The summed E-state index contributed by atoms with van der Waals surface area (Å²) < 4.78 is 11.7. The maximum absolute atomic E-state index is 10.3. The molecule has 0 amide bonds. The summed E-state index contributed by atoms with van der Waals surface area (Å²) in [5.41, 5.74) is 2.37. The van der Waals surface area contributed by atoms with Crippen molar-refractivity contribution in [3.8, 4) is 5.75 Å². The lowest BCUT2D eigenvalue weighted by molar-refractivity contribution is -0.0787. The Morgan fingerprint density at radius 3 is 2.52 bits per heavy atom. The first kappa shape index (κ1) is 18.2. The standard InChI is InChI=1S/C19H31NO3/c1-13(2)18-7-6-14(3)8-19(18)22-12-17(21)11-20-9-15(4)23-16(5)10-20/h6-8,13,15-17,21H,9-12H2,1-5H3/t15-,16-,17-/m1/s1. The summed E-state index contributed by atoms with van der Waals surface area (Å²) in [5.74, 6) is 1.30. The van der Waals surface area contributed by atoms with Gasteiger partial charge in [0, 0.05) is 19.6 Å². The van der Waals surface area contributed by atoms with Crippen molar-refractivity contribution < 1.29 is 14.6 Å². The molecule has 1 saturated heterocycles. The molecule has 0 spiro atoms. The van der Waals surface area contributed by atoms with Crippen molar-refractivity contribution in [2.45, 2.75) is 58.8 Å². The highest BCUT2D eigenvalue weighted by Crippen LogP contribution is 2.27. The predicted octanol–water partition coefficient (Wildman–Crippen LogP) is 2.97. The Hall–Kier alpha value is -1.10. The molecule has 0 saturated carbocycles. The van der Waals surface area contributed by atoms with Gasteiger partial charge in [-0.25, -0.2) is 0 Å². The van der Waals surface area contributed by atoms with Crippen LogP contribution >= 0.6 is 0 Å². The van der Waals surface area contributed by atoms with Crippen LogP contribution in [0.25, 0.3) is 0 Å². The molecule has 23 heavy (non-hydrogen) atoms. The lowest BCUT2D eigenvalue weighted by atomic mass is 10.0. The zero-order valence-corrected chi connectivity index (χ0v) is 15.1. The Bertz CT molecular complexity index is 493. The Labute approximate surface area is 140 Å². The van der Waals surface area contributed by atoms with Crippen molar-refractivity contribution in [2.24, 2.45) is 0 Å². The summed E-state index contributed by atoms with van der Waals surface area (Å²) >= 11 is 0. The molecule has 0 aliphatic carbocycles. The van der Waals surface area contributed by atoms with E-state index in [0.717, 1.165) is 18.8 Å². The Morgan fingerprint density at radius 2 is 1.91 bits per heavy atom. The first-order valence-electron chi connectivity index (χ1n) is 8.64. The summed E-state index contributed by atoms with van der Waals surface area (Å²) in [7, 11) is 0. The molecule has 0 unspecified atom stereocenters. The molecular weight excluding hydrogens is 290 g/mol. The average Bonchev–Trinajstić information content (AvgIpc) is 2.43. The van der Waals surface area contributed by atoms with Gasteiger partial charge in [0.1, 0.15) is 18.5 Å². The van der Waals surface area contributed by atoms with Gasteiger partial charge in [0.25, 0.3) is 0 Å². The highest BCUT2D eigenvalue weighted by Gasteiger charge is 2.24. The van der Waals surface area contributed by atoms with E-state index in [-0.39, 0.29) is 12.2 Å². The molecule has 1 aromatic rings. The third kappa shape index (κ3) is 5.48. The number of aliphatic hydroxyl groups is 1. The van der Waals surface area contributed by atoms with Gasteiger partial charge in [0.15, 0.2) is 0 Å². The number of aryl methyl sites for hydroxylation is 1. The predicted molar refractivity (Wildman–Crippen MR) is 93.2 cm³/mol. The van der Waals surface area contributed by atoms with E-state index in [4.69, 9.17) is 9.47 Å².